The minimum Gasteiger partial charge on any atom is -0.497 e. The number of carbonyl (C=O) groups excluding carboxylic acids is 2. The highest BCUT2D eigenvalue weighted by Gasteiger charge is 2.30. The van der Waals surface area contributed by atoms with E-state index in [1.165, 1.54) is 4.90 Å². The van der Waals surface area contributed by atoms with E-state index < -0.39 is 0 Å². The molecule has 1 fully saturated rings. The van der Waals surface area contributed by atoms with Gasteiger partial charge in [0, 0.05) is 19.4 Å². The Balaban J connectivity index is 2.15. The molecule has 102 valence electrons. The van der Waals surface area contributed by atoms with Crippen LogP contribution in [0.3, 0.4) is 0 Å². The van der Waals surface area contributed by atoms with Gasteiger partial charge in [-0.3, -0.25) is 14.5 Å². The van der Waals surface area contributed by atoms with E-state index in [0.29, 0.717) is 19.4 Å². The van der Waals surface area contributed by atoms with Gasteiger partial charge in [-0.25, -0.2) is 0 Å². The number of benzene rings is 1. The summed E-state index contributed by atoms with van der Waals surface area (Å²) >= 11 is 0. The van der Waals surface area contributed by atoms with Crippen LogP contribution in [0.4, 0.5) is 0 Å². The van der Waals surface area contributed by atoms with Gasteiger partial charge < -0.3 is 10.1 Å². The van der Waals surface area contributed by atoms with E-state index in [-0.39, 0.29) is 17.9 Å². The first kappa shape index (κ1) is 13.5. The molecule has 5 heteroatoms. The minimum atomic E-state index is -0.0897. The third-order valence-electron chi connectivity index (χ3n) is 3.36. The lowest BCUT2D eigenvalue weighted by atomic mass is 10.1. The van der Waals surface area contributed by atoms with Gasteiger partial charge in [-0.05, 0) is 24.7 Å². The summed E-state index contributed by atoms with van der Waals surface area (Å²) < 4.78 is 5.19. The Morgan fingerprint density at radius 2 is 2.00 bits per heavy atom. The van der Waals surface area contributed by atoms with Crippen molar-refractivity contribution in [2.24, 2.45) is 0 Å². The van der Waals surface area contributed by atoms with E-state index in [1.807, 2.05) is 31.3 Å². The number of carbonyl (C=O) groups is 2. The van der Waals surface area contributed by atoms with Gasteiger partial charge in [-0.2, -0.15) is 0 Å². The van der Waals surface area contributed by atoms with Crippen molar-refractivity contribution in [1.82, 2.24) is 10.2 Å². The van der Waals surface area contributed by atoms with Gasteiger partial charge in [0.25, 0.3) is 0 Å². The van der Waals surface area contributed by atoms with E-state index in [4.69, 9.17) is 4.74 Å². The molecule has 0 saturated carbocycles. The molecule has 1 heterocycles. The highest BCUT2D eigenvalue weighted by atomic mass is 16.5. The van der Waals surface area contributed by atoms with Crippen molar-refractivity contribution in [2.75, 3.05) is 20.7 Å². The molecule has 2 rings (SSSR count). The van der Waals surface area contributed by atoms with Crippen LogP contribution in [-0.2, 0) is 9.59 Å². The topological polar surface area (TPSA) is 58.6 Å². The number of likely N-dealkylation sites (N-methyl/N-ethyl adjacent to an activating group) is 1. The predicted molar refractivity (Wildman–Crippen MR) is 70.7 cm³/mol. The number of nitrogens with one attached hydrogen (secondary N) is 1. The number of amides is 2. The van der Waals surface area contributed by atoms with Crippen LogP contribution in [0.1, 0.15) is 24.4 Å². The summed E-state index contributed by atoms with van der Waals surface area (Å²) in [5, 5.41) is 3.14. The number of rotatable bonds is 5. The van der Waals surface area contributed by atoms with Crippen molar-refractivity contribution >= 4 is 11.8 Å². The normalized spacial score (nSPS) is 16.8. The van der Waals surface area contributed by atoms with Crippen LogP contribution in [0, 0.1) is 0 Å². The van der Waals surface area contributed by atoms with E-state index in [2.05, 4.69) is 5.32 Å². The molecule has 1 unspecified atom stereocenters. The molecule has 1 N–H and O–H groups in total. The Bertz CT molecular complexity index is 471. The molecule has 1 atom stereocenters. The van der Waals surface area contributed by atoms with Crippen molar-refractivity contribution in [3.63, 3.8) is 0 Å². The van der Waals surface area contributed by atoms with Gasteiger partial charge >= 0.3 is 0 Å². The van der Waals surface area contributed by atoms with Crippen molar-refractivity contribution in [3.05, 3.63) is 29.8 Å². The van der Waals surface area contributed by atoms with E-state index in [9.17, 15) is 9.59 Å². The van der Waals surface area contributed by atoms with Crippen molar-refractivity contribution in [1.29, 1.82) is 0 Å². The molecule has 0 aromatic heterocycles. The average Bonchev–Trinajstić information content (AvgIpc) is 2.75. The summed E-state index contributed by atoms with van der Waals surface area (Å²) in [6.07, 6.45) is 0.654. The first-order valence-corrected chi connectivity index (χ1v) is 6.30. The zero-order chi connectivity index (χ0) is 13.8. The Hall–Kier alpha value is -1.88. The maximum atomic E-state index is 11.6. The van der Waals surface area contributed by atoms with Crippen LogP contribution < -0.4 is 10.1 Å². The molecular weight excluding hydrogens is 244 g/mol. The predicted octanol–water partition coefficient (Wildman–Crippen LogP) is 1.10. The highest BCUT2D eigenvalue weighted by molar-refractivity contribution is 6.01. The largest absolute Gasteiger partial charge is 0.497 e. The second kappa shape index (κ2) is 5.84. The smallest absolute Gasteiger partial charge is 0.229 e. The van der Waals surface area contributed by atoms with Gasteiger partial charge in [0.1, 0.15) is 5.75 Å². The number of likely N-dealkylation sites (tertiary alicyclic amines) is 1. The van der Waals surface area contributed by atoms with Crippen LogP contribution in [-0.4, -0.2) is 37.4 Å². The first-order valence-electron chi connectivity index (χ1n) is 6.30. The van der Waals surface area contributed by atoms with E-state index >= 15 is 0 Å². The minimum absolute atomic E-state index is 0.0823. The fourth-order valence-electron chi connectivity index (χ4n) is 2.23. The molecule has 19 heavy (non-hydrogen) atoms. The summed E-state index contributed by atoms with van der Waals surface area (Å²) in [6, 6.07) is 7.54. The van der Waals surface area contributed by atoms with Gasteiger partial charge in [-0.15, -0.1) is 0 Å². The molecule has 0 bridgehead atoms. The summed E-state index contributed by atoms with van der Waals surface area (Å²) in [5.41, 5.74) is 0.995. The first-order chi connectivity index (χ1) is 9.15. The second-order valence-corrected chi connectivity index (χ2v) is 4.52. The monoisotopic (exact) mass is 262 g/mol. The molecule has 1 saturated heterocycles. The molecule has 1 aliphatic heterocycles. The maximum Gasteiger partial charge on any atom is 0.229 e. The lowest BCUT2D eigenvalue weighted by Crippen LogP contribution is -2.37. The lowest BCUT2D eigenvalue weighted by Gasteiger charge is -2.22. The zero-order valence-corrected chi connectivity index (χ0v) is 11.2. The molecule has 1 aromatic carbocycles. The molecule has 2 amide bonds. The Morgan fingerprint density at radius 3 is 2.58 bits per heavy atom. The van der Waals surface area contributed by atoms with Crippen molar-refractivity contribution in [2.45, 2.75) is 18.9 Å². The molecular formula is C14H18N2O3. The SMILES string of the molecule is CNC(CN1C(=O)CCC1=O)c1cccc(OC)c1. The Labute approximate surface area is 112 Å². The quantitative estimate of drug-likeness (QED) is 0.807. The molecule has 0 spiro atoms. The van der Waals surface area contributed by atoms with Gasteiger partial charge in [0.05, 0.1) is 13.2 Å². The molecule has 5 nitrogen and oxygen atoms in total. The number of ether oxygens (including phenoxy) is 1. The van der Waals surface area contributed by atoms with E-state index in [0.717, 1.165) is 11.3 Å². The highest BCUT2D eigenvalue weighted by Crippen LogP contribution is 2.22. The van der Waals surface area contributed by atoms with Gasteiger partial charge in [0.2, 0.25) is 11.8 Å². The van der Waals surface area contributed by atoms with Crippen LogP contribution in [0.2, 0.25) is 0 Å². The number of hydrogen-bond donors (Lipinski definition) is 1. The zero-order valence-electron chi connectivity index (χ0n) is 11.2. The summed E-state index contributed by atoms with van der Waals surface area (Å²) in [4.78, 5) is 24.6. The maximum absolute atomic E-state index is 11.6. The molecule has 1 aliphatic rings. The molecule has 0 radical (unpaired) electrons. The second-order valence-electron chi connectivity index (χ2n) is 4.52. The van der Waals surface area contributed by atoms with Crippen LogP contribution in [0.5, 0.6) is 5.75 Å². The Morgan fingerprint density at radius 1 is 1.32 bits per heavy atom. The van der Waals surface area contributed by atoms with E-state index in [1.54, 1.807) is 7.11 Å². The standard InChI is InChI=1S/C14H18N2O3/c1-15-12(9-16-13(17)6-7-14(16)18)10-4-3-5-11(8-10)19-2/h3-5,8,12,15H,6-7,9H2,1-2H3. The van der Waals surface area contributed by atoms with Gasteiger partial charge in [0.15, 0.2) is 0 Å². The van der Waals surface area contributed by atoms with Gasteiger partial charge in [-0.1, -0.05) is 12.1 Å². The van der Waals surface area contributed by atoms with Crippen molar-refractivity contribution in [3.8, 4) is 5.75 Å². The summed E-state index contributed by atoms with van der Waals surface area (Å²) in [5.74, 6) is 0.582. The molecule has 0 aliphatic carbocycles. The third-order valence-corrected chi connectivity index (χ3v) is 3.36. The van der Waals surface area contributed by atoms with Crippen LogP contribution in [0.15, 0.2) is 24.3 Å². The fraction of sp³-hybridized carbons (Fsp3) is 0.429. The third kappa shape index (κ3) is 2.93. The lowest BCUT2D eigenvalue weighted by molar-refractivity contribution is -0.138. The number of methoxy groups -OCH3 is 1. The van der Waals surface area contributed by atoms with Crippen molar-refractivity contribution < 1.29 is 14.3 Å². The van der Waals surface area contributed by atoms with Crippen LogP contribution in [0.25, 0.3) is 0 Å². The number of nitrogens with zero attached hydrogens (tertiary/aromatic N) is 1. The summed E-state index contributed by atoms with van der Waals surface area (Å²) in [6.45, 7) is 0.362. The Kier molecular flexibility index (Phi) is 4.16. The average molecular weight is 262 g/mol. The van der Waals surface area contributed by atoms with Crippen LogP contribution >= 0.6 is 0 Å². The number of hydrogen-bond acceptors (Lipinski definition) is 4. The fourth-order valence-corrected chi connectivity index (χ4v) is 2.23. The summed E-state index contributed by atoms with van der Waals surface area (Å²) in [7, 11) is 3.43. The molecule has 1 aromatic rings. The number of imide groups is 1.